The number of aryl methyl sites for hydroxylation is 1. The molecule has 0 bridgehead atoms. The molecule has 0 N–H and O–H groups in total. The van der Waals surface area contributed by atoms with Crippen molar-refractivity contribution in [2.45, 2.75) is 31.0 Å². The average molecular weight is 496 g/mol. The Bertz CT molecular complexity index is 1300. The molecule has 34 heavy (non-hydrogen) atoms. The summed E-state index contributed by atoms with van der Waals surface area (Å²) in [5.74, 6) is 1.84. The Hall–Kier alpha value is -3.44. The molecule has 0 fully saturated rings. The molecule has 174 valence electrons. The van der Waals surface area contributed by atoms with Crippen LogP contribution in [0.3, 0.4) is 0 Å². The fourth-order valence-electron chi connectivity index (χ4n) is 3.60. The van der Waals surface area contributed by atoms with Crippen LogP contribution in [0, 0.1) is 6.92 Å². The minimum atomic E-state index is -0.314. The predicted molar refractivity (Wildman–Crippen MR) is 127 cm³/mol. The quantitative estimate of drug-likeness (QED) is 0.329. The average Bonchev–Trinajstić information content (AvgIpc) is 3.65. The van der Waals surface area contributed by atoms with Crippen molar-refractivity contribution in [3.8, 4) is 5.75 Å². The molecule has 1 aromatic carbocycles. The van der Waals surface area contributed by atoms with E-state index >= 15 is 0 Å². The number of hydrogen-bond acceptors (Lipinski definition) is 10. The number of aromatic nitrogens is 3. The second kappa shape index (κ2) is 9.82. The van der Waals surface area contributed by atoms with Gasteiger partial charge in [0, 0.05) is 11.8 Å². The van der Waals surface area contributed by atoms with Gasteiger partial charge in [0.15, 0.2) is 0 Å². The highest BCUT2D eigenvalue weighted by molar-refractivity contribution is 7.99. The number of carbonyl (C=O) groups is 1. The number of carbonyl (C=O) groups excluding carboxylic acids is 1. The molecule has 0 spiro atoms. The summed E-state index contributed by atoms with van der Waals surface area (Å²) in [5, 5.41) is 17.5. The van der Waals surface area contributed by atoms with Gasteiger partial charge in [-0.2, -0.15) is 5.10 Å². The van der Waals surface area contributed by atoms with E-state index in [0.717, 1.165) is 27.7 Å². The summed E-state index contributed by atoms with van der Waals surface area (Å²) in [6.07, 6.45) is 2.62. The topological polar surface area (TPSA) is 107 Å². The molecular formula is C23H21N5O4S2. The molecule has 1 aliphatic heterocycles. The second-order valence-electron chi connectivity index (χ2n) is 7.53. The largest absolute Gasteiger partial charge is 0.497 e. The lowest BCUT2D eigenvalue weighted by Crippen LogP contribution is -2.28. The lowest BCUT2D eigenvalue weighted by atomic mass is 10.0. The van der Waals surface area contributed by atoms with Gasteiger partial charge in [-0.1, -0.05) is 11.8 Å². The van der Waals surface area contributed by atoms with Crippen LogP contribution in [0.25, 0.3) is 0 Å². The van der Waals surface area contributed by atoms with E-state index in [0.29, 0.717) is 29.7 Å². The van der Waals surface area contributed by atoms with Crippen molar-refractivity contribution in [3.05, 3.63) is 76.0 Å². The maximum absolute atomic E-state index is 13.1. The Balaban J connectivity index is 1.28. The lowest BCUT2D eigenvalue weighted by Gasteiger charge is -2.19. The first-order valence-electron chi connectivity index (χ1n) is 10.5. The molecule has 1 aliphatic rings. The van der Waals surface area contributed by atoms with Gasteiger partial charge in [0.1, 0.15) is 17.6 Å². The summed E-state index contributed by atoms with van der Waals surface area (Å²) >= 11 is 2.76. The molecular weight excluding hydrogens is 474 g/mol. The first-order chi connectivity index (χ1) is 16.6. The lowest BCUT2D eigenvalue weighted by molar-refractivity contribution is -0.130. The zero-order valence-electron chi connectivity index (χ0n) is 18.5. The maximum atomic E-state index is 13.1. The number of hydrogen-bond donors (Lipinski definition) is 0. The molecule has 11 heteroatoms. The van der Waals surface area contributed by atoms with Crippen LogP contribution in [0.1, 0.15) is 40.4 Å². The third-order valence-corrected chi connectivity index (χ3v) is 6.85. The van der Waals surface area contributed by atoms with Crippen molar-refractivity contribution < 1.29 is 18.4 Å². The van der Waals surface area contributed by atoms with E-state index < -0.39 is 0 Å². The summed E-state index contributed by atoms with van der Waals surface area (Å²) in [5.41, 5.74) is 2.62. The van der Waals surface area contributed by atoms with Crippen LogP contribution in [-0.2, 0) is 11.2 Å². The van der Waals surface area contributed by atoms with Crippen molar-refractivity contribution >= 4 is 34.7 Å². The van der Waals surface area contributed by atoms with Gasteiger partial charge in [-0.15, -0.1) is 21.5 Å². The molecule has 4 heterocycles. The molecule has 9 nitrogen and oxygen atoms in total. The van der Waals surface area contributed by atoms with E-state index in [1.165, 1.54) is 16.8 Å². The highest BCUT2D eigenvalue weighted by Crippen LogP contribution is 2.34. The summed E-state index contributed by atoms with van der Waals surface area (Å²) in [6, 6.07) is 11.0. The SMILES string of the molecule is COc1ccc(C2=NN(C(=O)CSc3nnc(Cc4csc(C)n4)o3)C(c3ccco3)C2)cc1. The predicted octanol–water partition coefficient (Wildman–Crippen LogP) is 4.50. The summed E-state index contributed by atoms with van der Waals surface area (Å²) in [4.78, 5) is 17.5. The van der Waals surface area contributed by atoms with E-state index in [2.05, 4.69) is 20.3 Å². The fourth-order valence-corrected chi connectivity index (χ4v) is 4.85. The third kappa shape index (κ3) is 4.90. The number of hydrazone groups is 1. The second-order valence-corrected chi connectivity index (χ2v) is 9.52. The van der Waals surface area contributed by atoms with Crippen LogP contribution in [0.4, 0.5) is 0 Å². The van der Waals surface area contributed by atoms with Gasteiger partial charge in [0.25, 0.3) is 11.1 Å². The molecule has 0 radical (unpaired) electrons. The van der Waals surface area contributed by atoms with Crippen molar-refractivity contribution in [2.75, 3.05) is 12.9 Å². The van der Waals surface area contributed by atoms with Crippen LogP contribution in [-0.4, -0.2) is 44.7 Å². The van der Waals surface area contributed by atoms with Gasteiger partial charge >= 0.3 is 0 Å². The Kier molecular flexibility index (Phi) is 6.45. The van der Waals surface area contributed by atoms with Gasteiger partial charge in [-0.25, -0.2) is 9.99 Å². The van der Waals surface area contributed by atoms with Crippen LogP contribution in [0.2, 0.25) is 0 Å². The van der Waals surface area contributed by atoms with Crippen LogP contribution < -0.4 is 4.74 Å². The number of methoxy groups -OCH3 is 1. The number of benzene rings is 1. The molecule has 5 rings (SSSR count). The first kappa shape index (κ1) is 22.4. The van der Waals surface area contributed by atoms with E-state index in [9.17, 15) is 4.79 Å². The van der Waals surface area contributed by atoms with Crippen LogP contribution in [0.5, 0.6) is 5.75 Å². The van der Waals surface area contributed by atoms with Crippen molar-refractivity contribution in [2.24, 2.45) is 5.10 Å². The Labute approximate surface area is 203 Å². The van der Waals surface area contributed by atoms with E-state index in [1.54, 1.807) is 24.7 Å². The summed E-state index contributed by atoms with van der Waals surface area (Å²) in [6.45, 7) is 1.95. The van der Waals surface area contributed by atoms with Gasteiger partial charge in [0.05, 0.1) is 42.0 Å². The standard InChI is InChI=1S/C23H21N5O4S2/c1-14-24-16(12-33-14)10-21-25-26-23(32-21)34-13-22(29)28-19(20-4-3-9-31-20)11-18(27-28)15-5-7-17(30-2)8-6-15/h3-9,12,19H,10-11,13H2,1-2H3. The minimum Gasteiger partial charge on any atom is -0.497 e. The van der Waals surface area contributed by atoms with Gasteiger partial charge in [-0.05, 0) is 48.9 Å². The molecule has 0 saturated heterocycles. The number of thiazole rings is 1. The number of amides is 1. The number of rotatable bonds is 8. The Morgan fingerprint density at radius 1 is 1.26 bits per heavy atom. The van der Waals surface area contributed by atoms with Crippen molar-refractivity contribution in [3.63, 3.8) is 0 Å². The normalized spacial score (nSPS) is 15.5. The van der Waals surface area contributed by atoms with E-state index in [1.807, 2.05) is 48.7 Å². The highest BCUT2D eigenvalue weighted by atomic mass is 32.2. The number of thioether (sulfide) groups is 1. The van der Waals surface area contributed by atoms with Crippen LogP contribution in [0.15, 0.2) is 67.2 Å². The molecule has 4 aromatic rings. The Morgan fingerprint density at radius 3 is 2.82 bits per heavy atom. The molecule has 3 aromatic heterocycles. The van der Waals surface area contributed by atoms with Crippen molar-refractivity contribution in [1.82, 2.24) is 20.2 Å². The van der Waals surface area contributed by atoms with E-state index in [4.69, 9.17) is 13.6 Å². The van der Waals surface area contributed by atoms with Gasteiger partial charge in [-0.3, -0.25) is 4.79 Å². The third-order valence-electron chi connectivity index (χ3n) is 5.23. The molecule has 1 atom stereocenters. The molecule has 0 saturated carbocycles. The summed E-state index contributed by atoms with van der Waals surface area (Å²) in [7, 11) is 1.62. The molecule has 1 amide bonds. The first-order valence-corrected chi connectivity index (χ1v) is 12.4. The minimum absolute atomic E-state index is 0.105. The summed E-state index contributed by atoms with van der Waals surface area (Å²) < 4.78 is 16.5. The Morgan fingerprint density at radius 2 is 2.12 bits per heavy atom. The number of ether oxygens (including phenoxy) is 1. The zero-order chi connectivity index (χ0) is 23.5. The maximum Gasteiger partial charge on any atom is 0.277 e. The number of furan rings is 1. The molecule has 0 aliphatic carbocycles. The van der Waals surface area contributed by atoms with E-state index in [-0.39, 0.29) is 17.7 Å². The van der Waals surface area contributed by atoms with Gasteiger partial charge in [0.2, 0.25) is 5.89 Å². The van der Waals surface area contributed by atoms with Gasteiger partial charge < -0.3 is 13.6 Å². The smallest absolute Gasteiger partial charge is 0.277 e. The van der Waals surface area contributed by atoms with Crippen LogP contribution >= 0.6 is 23.1 Å². The monoisotopic (exact) mass is 495 g/mol. The zero-order valence-corrected chi connectivity index (χ0v) is 20.1. The highest BCUT2D eigenvalue weighted by Gasteiger charge is 2.35. The number of nitrogens with zero attached hydrogens (tertiary/aromatic N) is 5. The van der Waals surface area contributed by atoms with Crippen molar-refractivity contribution in [1.29, 1.82) is 0 Å². The molecule has 1 unspecified atom stereocenters. The fraction of sp³-hybridized carbons (Fsp3) is 0.261.